The van der Waals surface area contributed by atoms with Gasteiger partial charge < -0.3 is 9.67 Å². The summed E-state index contributed by atoms with van der Waals surface area (Å²) < 4.78 is 1.85. The van der Waals surface area contributed by atoms with Crippen LogP contribution in [0, 0.1) is 6.92 Å². The van der Waals surface area contributed by atoms with Gasteiger partial charge in [-0.2, -0.15) is 0 Å². The Morgan fingerprint density at radius 2 is 2.09 bits per heavy atom. The van der Waals surface area contributed by atoms with Crippen molar-refractivity contribution in [2.24, 2.45) is 0 Å². The maximum absolute atomic E-state index is 11.8. The number of likely N-dealkylation sites (tertiary alicyclic amines) is 1. The molecular formula is C18H24N2O2S. The first-order chi connectivity index (χ1) is 11.1. The fourth-order valence-electron chi connectivity index (χ4n) is 3.43. The second kappa shape index (κ2) is 7.43. The second-order valence-electron chi connectivity index (χ2n) is 6.29. The molecule has 0 saturated carbocycles. The van der Waals surface area contributed by atoms with E-state index < -0.39 is 6.10 Å². The van der Waals surface area contributed by atoms with E-state index in [0.29, 0.717) is 6.04 Å². The maximum atomic E-state index is 11.8. The third-order valence-electron chi connectivity index (χ3n) is 4.77. The minimum atomic E-state index is -0.410. The third kappa shape index (κ3) is 3.91. The van der Waals surface area contributed by atoms with Crippen molar-refractivity contribution in [2.45, 2.75) is 44.9 Å². The first kappa shape index (κ1) is 16.4. The molecule has 1 aromatic heterocycles. The molecule has 1 aliphatic rings. The van der Waals surface area contributed by atoms with Crippen molar-refractivity contribution in [3.8, 4) is 0 Å². The first-order valence-corrected chi connectivity index (χ1v) is 9.15. The molecule has 1 N–H and O–H groups in total. The van der Waals surface area contributed by atoms with Crippen LogP contribution in [-0.2, 0) is 6.54 Å². The molecule has 0 amide bonds. The minimum Gasteiger partial charge on any atom is -0.388 e. The number of aliphatic hydroxyl groups excluding tert-OH is 1. The van der Waals surface area contributed by atoms with Crippen molar-refractivity contribution in [2.75, 3.05) is 13.1 Å². The van der Waals surface area contributed by atoms with Crippen LogP contribution in [0.15, 0.2) is 40.5 Å². The molecule has 23 heavy (non-hydrogen) atoms. The van der Waals surface area contributed by atoms with Gasteiger partial charge in [0.1, 0.15) is 0 Å². The van der Waals surface area contributed by atoms with E-state index in [-0.39, 0.29) is 4.87 Å². The topological polar surface area (TPSA) is 45.5 Å². The number of aromatic nitrogens is 1. The molecular weight excluding hydrogens is 308 g/mol. The van der Waals surface area contributed by atoms with Crippen molar-refractivity contribution >= 4 is 11.3 Å². The minimum absolute atomic E-state index is 0.127. The van der Waals surface area contributed by atoms with Crippen molar-refractivity contribution in [1.29, 1.82) is 0 Å². The van der Waals surface area contributed by atoms with Crippen LogP contribution in [0.3, 0.4) is 0 Å². The summed E-state index contributed by atoms with van der Waals surface area (Å²) in [6, 6.07) is 10.3. The van der Waals surface area contributed by atoms with Crippen LogP contribution in [0.1, 0.15) is 36.6 Å². The lowest BCUT2D eigenvalue weighted by Gasteiger charge is -2.26. The molecule has 2 unspecified atom stereocenters. The van der Waals surface area contributed by atoms with E-state index in [0.717, 1.165) is 43.7 Å². The number of thiazole rings is 1. The molecule has 0 radical (unpaired) electrons. The molecule has 1 aliphatic heterocycles. The van der Waals surface area contributed by atoms with Crippen molar-refractivity contribution in [1.82, 2.24) is 9.47 Å². The van der Waals surface area contributed by atoms with Gasteiger partial charge in [0, 0.05) is 30.2 Å². The lowest BCUT2D eigenvalue weighted by atomic mass is 10.0. The summed E-state index contributed by atoms with van der Waals surface area (Å²) in [5.41, 5.74) is 2.03. The zero-order chi connectivity index (χ0) is 16.2. The average molecular weight is 332 g/mol. The average Bonchev–Trinajstić information content (AvgIpc) is 3.13. The molecule has 0 aliphatic carbocycles. The van der Waals surface area contributed by atoms with Crippen molar-refractivity contribution < 1.29 is 5.11 Å². The van der Waals surface area contributed by atoms with Gasteiger partial charge >= 0.3 is 4.87 Å². The van der Waals surface area contributed by atoms with Gasteiger partial charge in [-0.3, -0.25) is 9.69 Å². The van der Waals surface area contributed by atoms with Crippen LogP contribution in [0.25, 0.3) is 0 Å². The largest absolute Gasteiger partial charge is 0.388 e. The van der Waals surface area contributed by atoms with Crippen LogP contribution in [0.2, 0.25) is 0 Å². The van der Waals surface area contributed by atoms with Crippen LogP contribution >= 0.6 is 11.3 Å². The van der Waals surface area contributed by atoms with E-state index in [2.05, 4.69) is 4.90 Å². The molecule has 1 fully saturated rings. The summed E-state index contributed by atoms with van der Waals surface area (Å²) in [7, 11) is 0. The fraction of sp³-hybridized carbons (Fsp3) is 0.500. The molecule has 4 nitrogen and oxygen atoms in total. The fourth-order valence-corrected chi connectivity index (χ4v) is 4.19. The van der Waals surface area contributed by atoms with Gasteiger partial charge in [-0.1, -0.05) is 41.7 Å². The lowest BCUT2D eigenvalue weighted by Crippen LogP contribution is -2.35. The Bertz CT molecular complexity index is 680. The van der Waals surface area contributed by atoms with Gasteiger partial charge in [0.05, 0.1) is 6.10 Å². The molecule has 5 heteroatoms. The number of nitrogens with zero attached hydrogens (tertiary/aromatic N) is 2. The zero-order valence-electron chi connectivity index (χ0n) is 13.5. The van der Waals surface area contributed by atoms with E-state index in [1.165, 1.54) is 17.8 Å². The molecule has 2 heterocycles. The summed E-state index contributed by atoms with van der Waals surface area (Å²) in [5, 5.41) is 12.4. The predicted molar refractivity (Wildman–Crippen MR) is 93.9 cm³/mol. The summed E-state index contributed by atoms with van der Waals surface area (Å²) in [4.78, 5) is 14.4. The summed E-state index contributed by atoms with van der Waals surface area (Å²) in [6.45, 7) is 4.67. The summed E-state index contributed by atoms with van der Waals surface area (Å²) >= 11 is 1.27. The maximum Gasteiger partial charge on any atom is 0.307 e. The van der Waals surface area contributed by atoms with Gasteiger partial charge in [-0.25, -0.2) is 0 Å². The summed E-state index contributed by atoms with van der Waals surface area (Å²) in [5.74, 6) is 0. The van der Waals surface area contributed by atoms with Gasteiger partial charge in [-0.05, 0) is 38.3 Å². The molecule has 1 saturated heterocycles. The SMILES string of the molecule is Cc1csc(=O)n1CCN1CCCC1CC(O)c1ccccc1. The molecule has 1 aromatic carbocycles. The molecule has 0 spiro atoms. The van der Waals surface area contributed by atoms with Crippen LogP contribution < -0.4 is 4.87 Å². The third-order valence-corrected chi connectivity index (χ3v) is 5.65. The van der Waals surface area contributed by atoms with E-state index in [1.807, 2.05) is 47.2 Å². The van der Waals surface area contributed by atoms with E-state index >= 15 is 0 Å². The van der Waals surface area contributed by atoms with Crippen molar-refractivity contribution in [3.05, 3.63) is 56.6 Å². The highest BCUT2D eigenvalue weighted by atomic mass is 32.1. The lowest BCUT2D eigenvalue weighted by molar-refractivity contribution is 0.119. The van der Waals surface area contributed by atoms with Crippen molar-refractivity contribution in [3.63, 3.8) is 0 Å². The van der Waals surface area contributed by atoms with Gasteiger partial charge in [-0.15, -0.1) is 0 Å². The number of rotatable bonds is 6. The smallest absolute Gasteiger partial charge is 0.307 e. The monoisotopic (exact) mass is 332 g/mol. The summed E-state index contributed by atoms with van der Waals surface area (Å²) in [6.07, 6.45) is 2.65. The highest BCUT2D eigenvalue weighted by Crippen LogP contribution is 2.27. The molecule has 3 rings (SSSR count). The standard InChI is InChI=1S/C18H24N2O2S/c1-14-13-23-18(22)20(14)11-10-19-9-5-8-16(19)12-17(21)15-6-3-2-4-7-15/h2-4,6-7,13,16-17,21H,5,8-12H2,1H3. The van der Waals surface area contributed by atoms with Gasteiger partial charge in [0.25, 0.3) is 0 Å². The number of hydrogen-bond acceptors (Lipinski definition) is 4. The predicted octanol–water partition coefficient (Wildman–Crippen LogP) is 2.81. The van der Waals surface area contributed by atoms with Gasteiger partial charge in [0.2, 0.25) is 0 Å². The number of hydrogen-bond donors (Lipinski definition) is 1. The van der Waals surface area contributed by atoms with Gasteiger partial charge in [0.15, 0.2) is 0 Å². The number of aliphatic hydroxyl groups is 1. The Morgan fingerprint density at radius 3 is 2.78 bits per heavy atom. The Morgan fingerprint density at radius 1 is 1.30 bits per heavy atom. The van der Waals surface area contributed by atoms with Crippen LogP contribution in [0.4, 0.5) is 0 Å². The first-order valence-electron chi connectivity index (χ1n) is 8.27. The second-order valence-corrected chi connectivity index (χ2v) is 7.11. The van der Waals surface area contributed by atoms with E-state index in [9.17, 15) is 9.90 Å². The molecule has 2 aromatic rings. The zero-order valence-corrected chi connectivity index (χ0v) is 14.3. The quantitative estimate of drug-likeness (QED) is 0.885. The molecule has 124 valence electrons. The van der Waals surface area contributed by atoms with E-state index in [1.54, 1.807) is 0 Å². The molecule has 0 bridgehead atoms. The Kier molecular flexibility index (Phi) is 5.30. The normalized spacial score (nSPS) is 20.0. The highest BCUT2D eigenvalue weighted by Gasteiger charge is 2.27. The van der Waals surface area contributed by atoms with Crippen LogP contribution in [0.5, 0.6) is 0 Å². The van der Waals surface area contributed by atoms with Crippen LogP contribution in [-0.4, -0.2) is 33.7 Å². The Labute approximate surface area is 141 Å². The molecule has 2 atom stereocenters. The Balaban J connectivity index is 1.59. The Hall–Kier alpha value is -1.43. The highest BCUT2D eigenvalue weighted by molar-refractivity contribution is 7.07. The number of benzene rings is 1. The number of aryl methyl sites for hydroxylation is 1. The van der Waals surface area contributed by atoms with E-state index in [4.69, 9.17) is 0 Å².